The fraction of sp³-hybridized carbons (Fsp3) is 0.643. The van der Waals surface area contributed by atoms with E-state index >= 15 is 0 Å². The SMILES string of the molecule is CC(C)(O)CNc1c2c(nc(OS(=O)(=O)C(F)(F)F)c1[N+](=O)[O-])CCCC2. The molecule has 0 bridgehead atoms. The number of nitrogens with one attached hydrogen (secondary N) is 1. The summed E-state index contributed by atoms with van der Waals surface area (Å²) in [7, 11) is -6.14. The van der Waals surface area contributed by atoms with Gasteiger partial charge in [0.2, 0.25) is 0 Å². The van der Waals surface area contributed by atoms with Gasteiger partial charge in [-0.15, -0.1) is 0 Å². The second-order valence-corrected chi connectivity index (χ2v) is 8.22. The first kappa shape index (κ1) is 21.2. The van der Waals surface area contributed by atoms with Gasteiger partial charge >= 0.3 is 27.2 Å². The Kier molecular flexibility index (Phi) is 5.57. The van der Waals surface area contributed by atoms with Crippen molar-refractivity contribution in [3.63, 3.8) is 0 Å². The summed E-state index contributed by atoms with van der Waals surface area (Å²) in [6.45, 7) is 2.67. The number of aliphatic hydroxyl groups is 1. The van der Waals surface area contributed by atoms with E-state index in [1.165, 1.54) is 13.8 Å². The topological polar surface area (TPSA) is 132 Å². The average molecular weight is 413 g/mol. The lowest BCUT2D eigenvalue weighted by atomic mass is 9.93. The van der Waals surface area contributed by atoms with Crippen molar-refractivity contribution in [1.82, 2.24) is 4.98 Å². The van der Waals surface area contributed by atoms with Crippen LogP contribution in [0.2, 0.25) is 0 Å². The van der Waals surface area contributed by atoms with Crippen molar-refractivity contribution >= 4 is 21.5 Å². The number of anilines is 1. The Labute approximate surface area is 152 Å². The summed E-state index contributed by atoms with van der Waals surface area (Å²) in [6, 6.07) is 0. The van der Waals surface area contributed by atoms with E-state index in [0.29, 0.717) is 31.2 Å². The van der Waals surface area contributed by atoms with Crippen molar-refractivity contribution in [3.05, 3.63) is 21.4 Å². The van der Waals surface area contributed by atoms with Crippen LogP contribution in [0.25, 0.3) is 0 Å². The van der Waals surface area contributed by atoms with Crippen LogP contribution >= 0.6 is 0 Å². The highest BCUT2D eigenvalue weighted by atomic mass is 32.2. The predicted octanol–water partition coefficient (Wildman–Crippen LogP) is 2.28. The third-order valence-electron chi connectivity index (χ3n) is 3.77. The predicted molar refractivity (Wildman–Crippen MR) is 87.9 cm³/mol. The van der Waals surface area contributed by atoms with Gasteiger partial charge in [-0.05, 0) is 39.5 Å². The number of hydrogen-bond acceptors (Lipinski definition) is 8. The first-order chi connectivity index (χ1) is 12.2. The van der Waals surface area contributed by atoms with Crippen molar-refractivity contribution in [2.45, 2.75) is 50.6 Å². The maximum absolute atomic E-state index is 12.6. The Morgan fingerprint density at radius 2 is 1.89 bits per heavy atom. The Balaban J connectivity index is 2.64. The first-order valence-corrected chi connectivity index (χ1v) is 9.31. The molecule has 0 amide bonds. The Bertz CT molecular complexity index is 849. The molecule has 0 saturated carbocycles. The van der Waals surface area contributed by atoms with Crippen LogP contribution in [-0.2, 0) is 23.0 Å². The minimum Gasteiger partial charge on any atom is -0.389 e. The quantitative estimate of drug-likeness (QED) is 0.314. The summed E-state index contributed by atoms with van der Waals surface area (Å²) in [5.74, 6) is -1.25. The van der Waals surface area contributed by atoms with Crippen molar-refractivity contribution in [3.8, 4) is 5.88 Å². The van der Waals surface area contributed by atoms with Gasteiger partial charge in [-0.3, -0.25) is 10.1 Å². The van der Waals surface area contributed by atoms with E-state index in [4.69, 9.17) is 0 Å². The molecule has 0 unspecified atom stereocenters. The van der Waals surface area contributed by atoms with Crippen LogP contribution in [0.1, 0.15) is 37.9 Å². The Morgan fingerprint density at radius 1 is 1.30 bits per heavy atom. The number of halogens is 3. The fourth-order valence-corrected chi connectivity index (χ4v) is 3.00. The number of nitrogens with zero attached hydrogens (tertiary/aromatic N) is 2. The molecule has 0 saturated heterocycles. The number of alkyl halides is 3. The molecule has 152 valence electrons. The number of fused-ring (bicyclic) bond motifs is 1. The van der Waals surface area contributed by atoms with E-state index in [1.54, 1.807) is 0 Å². The van der Waals surface area contributed by atoms with Crippen LogP contribution in [0.5, 0.6) is 5.88 Å². The standard InChI is InChI=1S/C14H18F3N3O6S/c1-13(2,21)7-18-10-8-5-3-4-6-9(8)19-12(11(10)20(22)23)26-27(24,25)14(15,16)17/h21H,3-7H2,1-2H3,(H,18,19). The van der Waals surface area contributed by atoms with E-state index in [2.05, 4.69) is 14.5 Å². The van der Waals surface area contributed by atoms with Crippen LogP contribution in [-0.4, -0.2) is 41.1 Å². The van der Waals surface area contributed by atoms with Gasteiger partial charge in [0.25, 0.3) is 0 Å². The van der Waals surface area contributed by atoms with Crippen LogP contribution < -0.4 is 9.50 Å². The lowest BCUT2D eigenvalue weighted by molar-refractivity contribution is -0.385. The Morgan fingerprint density at radius 3 is 2.41 bits per heavy atom. The number of aromatic nitrogens is 1. The van der Waals surface area contributed by atoms with E-state index in [-0.39, 0.29) is 17.9 Å². The molecule has 0 spiro atoms. The summed E-state index contributed by atoms with van der Waals surface area (Å²) in [4.78, 5) is 14.1. The number of hydrogen-bond donors (Lipinski definition) is 2. The molecule has 1 aromatic rings. The van der Waals surface area contributed by atoms with Crippen molar-refractivity contribution < 1.29 is 35.8 Å². The smallest absolute Gasteiger partial charge is 0.389 e. The molecule has 1 aliphatic rings. The molecular weight excluding hydrogens is 395 g/mol. The molecule has 0 aromatic carbocycles. The zero-order valence-corrected chi connectivity index (χ0v) is 15.3. The molecule has 13 heteroatoms. The van der Waals surface area contributed by atoms with Gasteiger partial charge in [-0.1, -0.05) is 0 Å². The van der Waals surface area contributed by atoms with Crippen LogP contribution in [0.15, 0.2) is 0 Å². The van der Waals surface area contributed by atoms with Gasteiger partial charge in [-0.25, -0.2) is 4.98 Å². The van der Waals surface area contributed by atoms with Crippen LogP contribution in [0, 0.1) is 10.1 Å². The third kappa shape index (κ3) is 4.77. The van der Waals surface area contributed by atoms with Crippen LogP contribution in [0.4, 0.5) is 24.5 Å². The highest BCUT2D eigenvalue weighted by Crippen LogP contribution is 2.42. The summed E-state index contributed by atoms with van der Waals surface area (Å²) in [5, 5.41) is 24.0. The molecule has 0 atom stereocenters. The third-order valence-corrected chi connectivity index (χ3v) is 4.71. The molecule has 1 aromatic heterocycles. The van der Waals surface area contributed by atoms with E-state index in [9.17, 15) is 36.8 Å². The lowest BCUT2D eigenvalue weighted by Crippen LogP contribution is -2.31. The summed E-state index contributed by atoms with van der Waals surface area (Å²) in [5.41, 5.74) is -7.66. The van der Waals surface area contributed by atoms with Gasteiger partial charge in [0.05, 0.1) is 16.2 Å². The number of pyridine rings is 1. The molecule has 1 heterocycles. The van der Waals surface area contributed by atoms with E-state index in [1.807, 2.05) is 0 Å². The van der Waals surface area contributed by atoms with E-state index < -0.39 is 37.7 Å². The second-order valence-electron chi connectivity index (χ2n) is 6.68. The second kappa shape index (κ2) is 7.11. The van der Waals surface area contributed by atoms with Gasteiger partial charge < -0.3 is 14.6 Å². The molecule has 27 heavy (non-hydrogen) atoms. The monoisotopic (exact) mass is 413 g/mol. The number of aryl methyl sites for hydroxylation is 1. The maximum atomic E-state index is 12.6. The molecule has 0 aliphatic heterocycles. The molecular formula is C14H18F3N3O6S. The summed E-state index contributed by atoms with van der Waals surface area (Å²) < 4.78 is 64.5. The van der Waals surface area contributed by atoms with Gasteiger partial charge in [0, 0.05) is 12.1 Å². The van der Waals surface area contributed by atoms with Gasteiger partial charge in [0.15, 0.2) is 0 Å². The van der Waals surface area contributed by atoms with Gasteiger partial charge in [-0.2, -0.15) is 21.6 Å². The van der Waals surface area contributed by atoms with Crippen molar-refractivity contribution in [2.24, 2.45) is 0 Å². The molecule has 1 aliphatic carbocycles. The van der Waals surface area contributed by atoms with Crippen molar-refractivity contribution in [1.29, 1.82) is 0 Å². The van der Waals surface area contributed by atoms with Crippen molar-refractivity contribution in [2.75, 3.05) is 11.9 Å². The summed E-state index contributed by atoms with van der Waals surface area (Å²) in [6.07, 6.45) is 1.97. The molecule has 2 N–H and O–H groups in total. The summed E-state index contributed by atoms with van der Waals surface area (Å²) >= 11 is 0. The largest absolute Gasteiger partial charge is 0.534 e. The highest BCUT2D eigenvalue weighted by Gasteiger charge is 2.50. The molecule has 2 rings (SSSR count). The normalized spacial score (nSPS) is 15.2. The Hall–Kier alpha value is -2.15. The minimum absolute atomic E-state index is 0.171. The maximum Gasteiger partial charge on any atom is 0.534 e. The molecule has 0 fully saturated rings. The highest BCUT2D eigenvalue weighted by molar-refractivity contribution is 7.88. The average Bonchev–Trinajstić information content (AvgIpc) is 2.49. The fourth-order valence-electron chi connectivity index (χ4n) is 2.58. The van der Waals surface area contributed by atoms with Gasteiger partial charge in [0.1, 0.15) is 5.69 Å². The number of nitro groups is 1. The zero-order chi connectivity index (χ0) is 20.6. The minimum atomic E-state index is -6.14. The van der Waals surface area contributed by atoms with E-state index in [0.717, 1.165) is 0 Å². The molecule has 9 nitrogen and oxygen atoms in total. The first-order valence-electron chi connectivity index (χ1n) is 7.90. The lowest BCUT2D eigenvalue weighted by Gasteiger charge is -2.24. The number of rotatable bonds is 6. The zero-order valence-electron chi connectivity index (χ0n) is 14.5. The molecule has 0 radical (unpaired) electrons. The van der Waals surface area contributed by atoms with Crippen LogP contribution in [0.3, 0.4) is 0 Å².